The summed E-state index contributed by atoms with van der Waals surface area (Å²) in [7, 11) is 0. The van der Waals surface area contributed by atoms with Gasteiger partial charge >= 0.3 is 0 Å². The predicted octanol–water partition coefficient (Wildman–Crippen LogP) is 3.27. The smallest absolute Gasteiger partial charge is 0.106 e. The van der Waals surface area contributed by atoms with Crippen molar-refractivity contribution in [1.29, 1.82) is 0 Å². The SMILES string of the molecule is c1ccc(C(c2ccccc2)N2CCO[C@@]3(CCOC3)C2)cc1. The lowest BCUT2D eigenvalue weighted by molar-refractivity contribution is -0.115. The second-order valence-corrected chi connectivity index (χ2v) is 6.53. The molecule has 0 amide bonds. The van der Waals surface area contributed by atoms with Gasteiger partial charge in [-0.1, -0.05) is 60.7 Å². The topological polar surface area (TPSA) is 21.7 Å². The Balaban J connectivity index is 1.68. The van der Waals surface area contributed by atoms with Gasteiger partial charge in [0.1, 0.15) is 5.60 Å². The summed E-state index contributed by atoms with van der Waals surface area (Å²) in [5.74, 6) is 0. The average molecular weight is 309 g/mol. The molecule has 120 valence electrons. The van der Waals surface area contributed by atoms with E-state index in [1.165, 1.54) is 11.1 Å². The van der Waals surface area contributed by atoms with Gasteiger partial charge in [-0.25, -0.2) is 0 Å². The zero-order valence-electron chi connectivity index (χ0n) is 13.4. The molecule has 2 aliphatic rings. The molecule has 1 spiro atoms. The van der Waals surface area contributed by atoms with E-state index in [0.29, 0.717) is 0 Å². The average Bonchev–Trinajstić information content (AvgIpc) is 3.05. The van der Waals surface area contributed by atoms with Gasteiger partial charge in [-0.05, 0) is 11.1 Å². The maximum atomic E-state index is 6.11. The van der Waals surface area contributed by atoms with Crippen molar-refractivity contribution in [1.82, 2.24) is 4.90 Å². The fraction of sp³-hybridized carbons (Fsp3) is 0.400. The van der Waals surface area contributed by atoms with E-state index in [1.807, 2.05) is 0 Å². The van der Waals surface area contributed by atoms with Crippen LogP contribution in [-0.4, -0.2) is 43.4 Å². The van der Waals surface area contributed by atoms with Gasteiger partial charge in [0.15, 0.2) is 0 Å². The molecular formula is C20H23NO2. The summed E-state index contributed by atoms with van der Waals surface area (Å²) >= 11 is 0. The highest BCUT2D eigenvalue weighted by atomic mass is 16.6. The maximum absolute atomic E-state index is 6.11. The first-order chi connectivity index (χ1) is 11.4. The second kappa shape index (κ2) is 6.44. The van der Waals surface area contributed by atoms with Gasteiger partial charge in [0.25, 0.3) is 0 Å². The maximum Gasteiger partial charge on any atom is 0.106 e. The van der Waals surface area contributed by atoms with E-state index in [4.69, 9.17) is 9.47 Å². The van der Waals surface area contributed by atoms with Crippen molar-refractivity contribution in [3.8, 4) is 0 Å². The van der Waals surface area contributed by atoms with Crippen molar-refractivity contribution in [3.05, 3.63) is 71.8 Å². The molecule has 0 unspecified atom stereocenters. The zero-order valence-corrected chi connectivity index (χ0v) is 13.4. The van der Waals surface area contributed by atoms with Gasteiger partial charge in [0, 0.05) is 26.1 Å². The summed E-state index contributed by atoms with van der Waals surface area (Å²) < 4.78 is 11.7. The standard InChI is InChI=1S/C20H23NO2/c1-3-7-17(8-4-1)19(18-9-5-2-6-10-18)21-12-14-23-20(15-21)11-13-22-16-20/h1-10,19H,11-16H2/t20-/m0/s1. The van der Waals surface area contributed by atoms with Gasteiger partial charge < -0.3 is 9.47 Å². The molecular weight excluding hydrogens is 286 g/mol. The van der Waals surface area contributed by atoms with E-state index in [0.717, 1.165) is 39.3 Å². The summed E-state index contributed by atoms with van der Waals surface area (Å²) in [6.45, 7) is 4.20. The van der Waals surface area contributed by atoms with Crippen LogP contribution in [-0.2, 0) is 9.47 Å². The molecule has 2 aromatic rings. The molecule has 0 aliphatic carbocycles. The van der Waals surface area contributed by atoms with Gasteiger partial charge in [-0.15, -0.1) is 0 Å². The first-order valence-corrected chi connectivity index (χ1v) is 8.42. The van der Waals surface area contributed by atoms with Crippen molar-refractivity contribution in [2.75, 3.05) is 32.9 Å². The molecule has 2 heterocycles. The Hall–Kier alpha value is -1.68. The van der Waals surface area contributed by atoms with Crippen molar-refractivity contribution >= 4 is 0 Å². The Morgan fingerprint density at radius 3 is 2.09 bits per heavy atom. The number of nitrogens with zero attached hydrogens (tertiary/aromatic N) is 1. The van der Waals surface area contributed by atoms with Crippen LogP contribution in [0.3, 0.4) is 0 Å². The van der Waals surface area contributed by atoms with Crippen LogP contribution in [0.15, 0.2) is 60.7 Å². The van der Waals surface area contributed by atoms with E-state index in [2.05, 4.69) is 65.6 Å². The number of hydrogen-bond acceptors (Lipinski definition) is 3. The summed E-state index contributed by atoms with van der Waals surface area (Å²) in [5.41, 5.74) is 2.57. The highest BCUT2D eigenvalue weighted by Crippen LogP contribution is 2.35. The Morgan fingerprint density at radius 1 is 0.870 bits per heavy atom. The van der Waals surface area contributed by atoms with Crippen molar-refractivity contribution in [2.24, 2.45) is 0 Å². The molecule has 2 fully saturated rings. The van der Waals surface area contributed by atoms with Crippen LogP contribution in [0.4, 0.5) is 0 Å². The first-order valence-electron chi connectivity index (χ1n) is 8.42. The monoisotopic (exact) mass is 309 g/mol. The van der Waals surface area contributed by atoms with E-state index in [9.17, 15) is 0 Å². The summed E-state index contributed by atoms with van der Waals surface area (Å²) in [5, 5.41) is 0. The molecule has 3 heteroatoms. The molecule has 2 aliphatic heterocycles. The van der Waals surface area contributed by atoms with Gasteiger partial charge in [0.05, 0.1) is 19.3 Å². The van der Waals surface area contributed by atoms with Crippen molar-refractivity contribution in [3.63, 3.8) is 0 Å². The lowest BCUT2D eigenvalue weighted by atomic mass is 9.93. The molecule has 23 heavy (non-hydrogen) atoms. The number of morpholine rings is 1. The molecule has 1 atom stereocenters. The number of rotatable bonds is 3. The molecule has 0 N–H and O–H groups in total. The molecule has 0 aromatic heterocycles. The quantitative estimate of drug-likeness (QED) is 0.868. The summed E-state index contributed by atoms with van der Waals surface area (Å²) in [4.78, 5) is 2.56. The number of ether oxygens (including phenoxy) is 2. The molecule has 2 saturated heterocycles. The Labute approximate surface area is 137 Å². The third kappa shape index (κ3) is 3.05. The normalized spacial score (nSPS) is 25.3. The molecule has 2 aromatic carbocycles. The Bertz CT molecular complexity index is 583. The largest absolute Gasteiger partial charge is 0.378 e. The minimum Gasteiger partial charge on any atom is -0.378 e. The molecule has 4 rings (SSSR count). The van der Waals surface area contributed by atoms with Crippen LogP contribution < -0.4 is 0 Å². The van der Waals surface area contributed by atoms with E-state index < -0.39 is 0 Å². The fourth-order valence-corrected chi connectivity index (χ4v) is 3.81. The van der Waals surface area contributed by atoms with E-state index >= 15 is 0 Å². The van der Waals surface area contributed by atoms with Crippen LogP contribution in [0.5, 0.6) is 0 Å². The number of benzene rings is 2. The van der Waals surface area contributed by atoms with Crippen LogP contribution in [0.2, 0.25) is 0 Å². The third-order valence-corrected chi connectivity index (χ3v) is 4.94. The first kappa shape index (κ1) is 14.9. The fourth-order valence-electron chi connectivity index (χ4n) is 3.81. The van der Waals surface area contributed by atoms with Crippen LogP contribution in [0.1, 0.15) is 23.6 Å². The third-order valence-electron chi connectivity index (χ3n) is 4.94. The van der Waals surface area contributed by atoms with Crippen LogP contribution >= 0.6 is 0 Å². The van der Waals surface area contributed by atoms with Crippen molar-refractivity contribution in [2.45, 2.75) is 18.1 Å². The zero-order chi connectivity index (χ0) is 15.5. The van der Waals surface area contributed by atoms with Gasteiger partial charge in [-0.3, -0.25) is 4.90 Å². The van der Waals surface area contributed by atoms with E-state index in [1.54, 1.807) is 0 Å². The Morgan fingerprint density at radius 2 is 1.52 bits per heavy atom. The molecule has 3 nitrogen and oxygen atoms in total. The Kier molecular flexibility index (Phi) is 4.17. The highest BCUT2D eigenvalue weighted by molar-refractivity contribution is 5.32. The lowest BCUT2D eigenvalue weighted by Crippen LogP contribution is -2.53. The van der Waals surface area contributed by atoms with E-state index in [-0.39, 0.29) is 11.6 Å². The number of hydrogen-bond donors (Lipinski definition) is 0. The lowest BCUT2D eigenvalue weighted by Gasteiger charge is -2.43. The summed E-state index contributed by atoms with van der Waals surface area (Å²) in [6, 6.07) is 21.8. The minimum absolute atomic E-state index is 0.111. The van der Waals surface area contributed by atoms with Crippen LogP contribution in [0, 0.1) is 0 Å². The van der Waals surface area contributed by atoms with Gasteiger partial charge in [-0.2, -0.15) is 0 Å². The highest BCUT2D eigenvalue weighted by Gasteiger charge is 2.42. The molecule has 0 radical (unpaired) electrons. The molecule has 0 bridgehead atoms. The predicted molar refractivity (Wildman–Crippen MR) is 90.4 cm³/mol. The minimum atomic E-state index is -0.111. The van der Waals surface area contributed by atoms with Gasteiger partial charge in [0.2, 0.25) is 0 Å². The molecule has 0 saturated carbocycles. The second-order valence-electron chi connectivity index (χ2n) is 6.53. The summed E-state index contributed by atoms with van der Waals surface area (Å²) in [6.07, 6.45) is 1.000. The van der Waals surface area contributed by atoms with Crippen molar-refractivity contribution < 1.29 is 9.47 Å². The van der Waals surface area contributed by atoms with Crippen LogP contribution in [0.25, 0.3) is 0 Å².